The highest BCUT2D eigenvalue weighted by Gasteiger charge is 2.40. The van der Waals surface area contributed by atoms with E-state index < -0.39 is 17.6 Å². The van der Waals surface area contributed by atoms with Crippen LogP contribution in [0.1, 0.15) is 28.9 Å². The predicted octanol–water partition coefficient (Wildman–Crippen LogP) is 5.50. The zero-order chi connectivity index (χ0) is 23.9. The molecule has 2 fully saturated rings. The minimum atomic E-state index is -4.80. The fourth-order valence-corrected chi connectivity index (χ4v) is 7.46. The smallest absolute Gasteiger partial charge is 0.337 e. The zero-order valence-electron chi connectivity index (χ0n) is 17.9. The van der Waals surface area contributed by atoms with Crippen molar-refractivity contribution in [1.82, 2.24) is 19.7 Å². The van der Waals surface area contributed by atoms with E-state index >= 15 is 0 Å². The van der Waals surface area contributed by atoms with Gasteiger partial charge in [-0.25, -0.2) is 9.07 Å². The number of carbonyl (C=O) groups is 1. The van der Waals surface area contributed by atoms with E-state index in [9.17, 15) is 22.4 Å². The summed E-state index contributed by atoms with van der Waals surface area (Å²) in [4.78, 5) is 19.0. The number of amides is 1. The number of piperidine rings is 1. The second-order valence-corrected chi connectivity index (χ2v) is 11.3. The van der Waals surface area contributed by atoms with Gasteiger partial charge in [-0.2, -0.15) is 18.3 Å². The van der Waals surface area contributed by atoms with Crippen LogP contribution in [0.15, 0.2) is 48.8 Å². The van der Waals surface area contributed by atoms with Gasteiger partial charge in [0.2, 0.25) is 0 Å². The van der Waals surface area contributed by atoms with E-state index in [1.54, 1.807) is 35.5 Å². The molecule has 2 aliphatic rings. The molecule has 2 aromatic heterocycles. The molecule has 4 heterocycles. The summed E-state index contributed by atoms with van der Waals surface area (Å²) in [5, 5.41) is 4.40. The summed E-state index contributed by atoms with van der Waals surface area (Å²) >= 11 is 3.93. The molecule has 1 spiro atoms. The van der Waals surface area contributed by atoms with Crippen LogP contribution in [0.25, 0.3) is 16.9 Å². The molecule has 0 unspecified atom stereocenters. The van der Waals surface area contributed by atoms with Crippen molar-refractivity contribution in [3.63, 3.8) is 0 Å². The summed E-state index contributed by atoms with van der Waals surface area (Å²) in [5.41, 5.74) is 0.0103. The van der Waals surface area contributed by atoms with Crippen LogP contribution in [0.3, 0.4) is 0 Å². The molecule has 178 valence electrons. The summed E-state index contributed by atoms with van der Waals surface area (Å²) < 4.78 is 54.9. The van der Waals surface area contributed by atoms with Crippen molar-refractivity contribution in [2.45, 2.75) is 23.1 Å². The largest absolute Gasteiger partial charge is 0.419 e. The molecule has 34 heavy (non-hydrogen) atoms. The van der Waals surface area contributed by atoms with Gasteiger partial charge >= 0.3 is 6.18 Å². The van der Waals surface area contributed by atoms with Crippen LogP contribution in [-0.4, -0.2) is 54.2 Å². The number of benzene rings is 1. The molecule has 1 aromatic carbocycles. The van der Waals surface area contributed by atoms with Gasteiger partial charge in [-0.1, -0.05) is 0 Å². The molecule has 0 bridgehead atoms. The summed E-state index contributed by atoms with van der Waals surface area (Å²) in [7, 11) is 0. The normalized spacial score (nSPS) is 17.9. The lowest BCUT2D eigenvalue weighted by atomic mass is 10.1. The van der Waals surface area contributed by atoms with Crippen molar-refractivity contribution < 1.29 is 22.4 Å². The van der Waals surface area contributed by atoms with Gasteiger partial charge in [-0.3, -0.25) is 9.78 Å². The van der Waals surface area contributed by atoms with Gasteiger partial charge in [0.1, 0.15) is 5.82 Å². The lowest BCUT2D eigenvalue weighted by Gasteiger charge is -2.37. The summed E-state index contributed by atoms with van der Waals surface area (Å²) in [5.74, 6) is 0.607. The van der Waals surface area contributed by atoms with Crippen LogP contribution in [0.2, 0.25) is 0 Å². The van der Waals surface area contributed by atoms with Crippen LogP contribution in [0, 0.1) is 5.82 Å². The van der Waals surface area contributed by atoms with E-state index in [1.165, 1.54) is 4.68 Å². The first-order valence-electron chi connectivity index (χ1n) is 10.7. The number of aromatic nitrogens is 3. The number of alkyl halides is 3. The topological polar surface area (TPSA) is 51.0 Å². The standard InChI is InChI=1S/C23H20F4N4OS2/c24-18-13-16(1-2-17(18)23(25,26)27)31-20(15-3-7-28-8-4-15)14-19(29-31)21(32)30-9-5-22(6-10-30)33-11-12-34-22/h1-4,7-8,13-14H,5-6,9-12H2. The Morgan fingerprint density at radius 2 is 1.68 bits per heavy atom. The summed E-state index contributed by atoms with van der Waals surface area (Å²) in [6, 6.07) is 7.61. The van der Waals surface area contributed by atoms with Crippen molar-refractivity contribution in [3.05, 3.63) is 65.9 Å². The van der Waals surface area contributed by atoms with Gasteiger partial charge in [0.15, 0.2) is 5.69 Å². The third kappa shape index (κ3) is 4.43. The Morgan fingerprint density at radius 3 is 2.29 bits per heavy atom. The van der Waals surface area contributed by atoms with Crippen LogP contribution < -0.4 is 0 Å². The molecule has 0 radical (unpaired) electrons. The highest BCUT2D eigenvalue weighted by molar-refractivity contribution is 8.21. The molecular weight excluding hydrogens is 488 g/mol. The van der Waals surface area contributed by atoms with Gasteiger partial charge in [0, 0.05) is 48.6 Å². The Bertz CT molecular complexity index is 1200. The molecule has 5 nitrogen and oxygen atoms in total. The first-order valence-corrected chi connectivity index (χ1v) is 12.7. The number of halogens is 4. The SMILES string of the molecule is O=C(c1cc(-c2ccncc2)n(-c2ccc(C(F)(F)F)c(F)c2)n1)N1CCC2(CC1)SCCS2. The van der Waals surface area contributed by atoms with E-state index in [1.807, 2.05) is 23.5 Å². The Hall–Kier alpha value is -2.53. The predicted molar refractivity (Wildman–Crippen MR) is 125 cm³/mol. The zero-order valence-corrected chi connectivity index (χ0v) is 19.5. The average Bonchev–Trinajstić information content (AvgIpc) is 3.47. The lowest BCUT2D eigenvalue weighted by molar-refractivity contribution is -0.140. The van der Waals surface area contributed by atoms with Crippen molar-refractivity contribution in [2.75, 3.05) is 24.6 Å². The van der Waals surface area contributed by atoms with Crippen LogP contribution in [0.5, 0.6) is 0 Å². The van der Waals surface area contributed by atoms with Gasteiger partial charge in [-0.05, 0) is 43.2 Å². The molecule has 11 heteroatoms. The first kappa shape index (κ1) is 23.2. The fraction of sp³-hybridized carbons (Fsp3) is 0.348. The quantitative estimate of drug-likeness (QED) is 0.437. The molecule has 0 N–H and O–H groups in total. The first-order chi connectivity index (χ1) is 16.3. The second-order valence-electron chi connectivity index (χ2n) is 8.12. The van der Waals surface area contributed by atoms with Crippen molar-refractivity contribution >= 4 is 29.4 Å². The summed E-state index contributed by atoms with van der Waals surface area (Å²) in [6.45, 7) is 1.23. The highest BCUT2D eigenvalue weighted by Crippen LogP contribution is 2.50. The molecule has 0 saturated carbocycles. The lowest BCUT2D eigenvalue weighted by Crippen LogP contribution is -2.43. The van der Waals surface area contributed by atoms with Gasteiger partial charge < -0.3 is 4.90 Å². The molecular formula is C23H20F4N4OS2. The molecule has 2 saturated heterocycles. The molecule has 0 atom stereocenters. The second kappa shape index (κ2) is 8.92. The van der Waals surface area contributed by atoms with Gasteiger partial charge in [-0.15, -0.1) is 23.5 Å². The fourth-order valence-electron chi connectivity index (χ4n) is 4.27. The maximum Gasteiger partial charge on any atom is 0.419 e. The number of hydrogen-bond acceptors (Lipinski definition) is 5. The van der Waals surface area contributed by atoms with E-state index in [0.29, 0.717) is 30.4 Å². The third-order valence-electron chi connectivity index (χ3n) is 6.03. The van der Waals surface area contributed by atoms with Gasteiger partial charge in [0.05, 0.1) is 21.0 Å². The molecule has 2 aliphatic heterocycles. The van der Waals surface area contributed by atoms with E-state index in [-0.39, 0.29) is 21.4 Å². The van der Waals surface area contributed by atoms with E-state index in [2.05, 4.69) is 10.1 Å². The number of thioether (sulfide) groups is 2. The minimum Gasteiger partial charge on any atom is -0.337 e. The third-order valence-corrected chi connectivity index (χ3v) is 9.68. The van der Waals surface area contributed by atoms with Crippen LogP contribution >= 0.6 is 23.5 Å². The Labute approximate surface area is 201 Å². The van der Waals surface area contributed by atoms with E-state index in [0.717, 1.165) is 36.5 Å². The number of rotatable bonds is 3. The number of likely N-dealkylation sites (tertiary alicyclic amines) is 1. The van der Waals surface area contributed by atoms with Crippen molar-refractivity contribution in [2.24, 2.45) is 0 Å². The summed E-state index contributed by atoms with van der Waals surface area (Å²) in [6.07, 6.45) is 0.112. The molecule has 5 rings (SSSR count). The number of nitrogens with zero attached hydrogens (tertiary/aromatic N) is 4. The average molecular weight is 509 g/mol. The maximum absolute atomic E-state index is 14.3. The molecule has 1 amide bonds. The minimum absolute atomic E-state index is 0.0905. The van der Waals surface area contributed by atoms with Crippen LogP contribution in [-0.2, 0) is 6.18 Å². The Kier molecular flexibility index (Phi) is 6.09. The van der Waals surface area contributed by atoms with Crippen LogP contribution in [0.4, 0.5) is 17.6 Å². The molecule has 3 aromatic rings. The van der Waals surface area contributed by atoms with Crippen molar-refractivity contribution in [3.8, 4) is 16.9 Å². The highest BCUT2D eigenvalue weighted by atomic mass is 32.2. The number of carbonyl (C=O) groups excluding carboxylic acids is 1. The Balaban J connectivity index is 1.48. The maximum atomic E-state index is 14.3. The molecule has 0 aliphatic carbocycles. The van der Waals surface area contributed by atoms with E-state index in [4.69, 9.17) is 0 Å². The van der Waals surface area contributed by atoms with Crippen molar-refractivity contribution in [1.29, 1.82) is 0 Å². The Morgan fingerprint density at radius 1 is 1.00 bits per heavy atom. The monoisotopic (exact) mass is 508 g/mol. The number of pyridine rings is 1. The van der Waals surface area contributed by atoms with Gasteiger partial charge in [0.25, 0.3) is 5.91 Å². The number of hydrogen-bond donors (Lipinski definition) is 0.